The Morgan fingerprint density at radius 1 is 1.08 bits per heavy atom. The smallest absolute Gasteiger partial charge is 0.177 e. The van der Waals surface area contributed by atoms with Crippen LogP contribution >= 0.6 is 0 Å². The molecular weight excluding hydrogens is 320 g/mol. The first-order chi connectivity index (χ1) is 12.3. The lowest BCUT2D eigenvalue weighted by molar-refractivity contribution is -0.104. The molecule has 0 fully saturated rings. The van der Waals surface area contributed by atoms with Crippen molar-refractivity contribution in [3.05, 3.63) is 58.7 Å². The van der Waals surface area contributed by atoms with Gasteiger partial charge < -0.3 is 9.47 Å². The lowest BCUT2D eigenvalue weighted by atomic mass is 9.72. The number of ether oxygens (including phenoxy) is 2. The lowest BCUT2D eigenvalue weighted by Gasteiger charge is -2.32. The van der Waals surface area contributed by atoms with Crippen LogP contribution < -0.4 is 0 Å². The molecule has 0 heterocycles. The minimum atomic E-state index is -0.261. The van der Waals surface area contributed by atoms with Gasteiger partial charge in [0.15, 0.2) is 6.29 Å². The molecule has 0 spiro atoms. The van der Waals surface area contributed by atoms with Gasteiger partial charge in [-0.15, -0.1) is 0 Å². The van der Waals surface area contributed by atoms with Crippen LogP contribution in [0.15, 0.2) is 58.7 Å². The Morgan fingerprint density at radius 2 is 1.73 bits per heavy atom. The molecule has 0 radical (unpaired) electrons. The molecule has 0 unspecified atom stereocenters. The highest BCUT2D eigenvalue weighted by Gasteiger charge is 2.26. The highest BCUT2D eigenvalue weighted by atomic mass is 16.7. The van der Waals surface area contributed by atoms with Crippen LogP contribution in [0.4, 0.5) is 0 Å². The summed E-state index contributed by atoms with van der Waals surface area (Å²) in [5.41, 5.74) is 5.73. The van der Waals surface area contributed by atoms with Crippen molar-refractivity contribution >= 4 is 0 Å². The van der Waals surface area contributed by atoms with Gasteiger partial charge in [0, 0.05) is 13.2 Å². The van der Waals surface area contributed by atoms with E-state index in [1.54, 1.807) is 0 Å². The van der Waals surface area contributed by atoms with Gasteiger partial charge in [0.25, 0.3) is 0 Å². The fraction of sp³-hybridized carbons (Fsp3) is 0.583. The van der Waals surface area contributed by atoms with Crippen LogP contribution in [0.2, 0.25) is 0 Å². The van der Waals surface area contributed by atoms with Crippen molar-refractivity contribution in [1.29, 1.82) is 0 Å². The fourth-order valence-electron chi connectivity index (χ4n) is 3.38. The zero-order chi connectivity index (χ0) is 19.6. The summed E-state index contributed by atoms with van der Waals surface area (Å²) in [6.07, 6.45) is 16.5. The minimum absolute atomic E-state index is 0.261. The van der Waals surface area contributed by atoms with Crippen molar-refractivity contribution in [2.45, 2.75) is 74.0 Å². The van der Waals surface area contributed by atoms with E-state index >= 15 is 0 Å². The maximum absolute atomic E-state index is 5.55. The summed E-state index contributed by atoms with van der Waals surface area (Å²) in [6, 6.07) is 0. The summed E-state index contributed by atoms with van der Waals surface area (Å²) in [5, 5.41) is 0. The molecule has 0 aromatic carbocycles. The summed E-state index contributed by atoms with van der Waals surface area (Å²) in [6.45, 7) is 16.5. The standard InChI is InChI=1S/C24H38O2/c1-8-25-23(26-9-2)18-20(4)13-10-12-19(3)15-16-22-21(5)14-11-17-24(22,6)7/h10,12-13,15-16,18,23H,8-9,11,14,17H2,1-7H3. The largest absolute Gasteiger partial charge is 0.349 e. The molecule has 0 bridgehead atoms. The fourth-order valence-corrected chi connectivity index (χ4v) is 3.38. The van der Waals surface area contributed by atoms with Gasteiger partial charge in [-0.05, 0) is 70.9 Å². The van der Waals surface area contributed by atoms with Gasteiger partial charge in [-0.2, -0.15) is 0 Å². The average Bonchev–Trinajstić information content (AvgIpc) is 2.54. The van der Waals surface area contributed by atoms with E-state index in [1.165, 1.54) is 36.0 Å². The van der Waals surface area contributed by atoms with Crippen molar-refractivity contribution in [3.63, 3.8) is 0 Å². The molecule has 26 heavy (non-hydrogen) atoms. The molecule has 1 rings (SSSR count). The molecule has 0 atom stereocenters. The van der Waals surface area contributed by atoms with Crippen LogP contribution in [0, 0.1) is 5.41 Å². The van der Waals surface area contributed by atoms with E-state index < -0.39 is 0 Å². The number of hydrogen-bond donors (Lipinski definition) is 0. The van der Waals surface area contributed by atoms with E-state index in [9.17, 15) is 0 Å². The van der Waals surface area contributed by atoms with Crippen LogP contribution in [0.1, 0.15) is 67.7 Å². The first-order valence-corrected chi connectivity index (χ1v) is 9.95. The topological polar surface area (TPSA) is 18.5 Å². The van der Waals surface area contributed by atoms with Crippen molar-refractivity contribution < 1.29 is 9.47 Å². The van der Waals surface area contributed by atoms with Crippen LogP contribution in [-0.2, 0) is 9.47 Å². The molecule has 0 amide bonds. The summed E-state index contributed by atoms with van der Waals surface area (Å²) in [7, 11) is 0. The Morgan fingerprint density at radius 3 is 2.31 bits per heavy atom. The van der Waals surface area contributed by atoms with E-state index in [0.29, 0.717) is 18.6 Å². The van der Waals surface area contributed by atoms with Gasteiger partial charge in [0.2, 0.25) is 0 Å². The zero-order valence-electron chi connectivity index (χ0n) is 17.9. The second kappa shape index (κ2) is 11.4. The maximum Gasteiger partial charge on any atom is 0.177 e. The second-order valence-electron chi connectivity index (χ2n) is 7.72. The van der Waals surface area contributed by atoms with Crippen molar-refractivity contribution in [2.75, 3.05) is 13.2 Å². The Kier molecular flexibility index (Phi) is 9.90. The summed E-state index contributed by atoms with van der Waals surface area (Å²) in [4.78, 5) is 0. The molecule has 0 N–H and O–H groups in total. The molecule has 0 aromatic heterocycles. The molecular formula is C24H38O2. The van der Waals surface area contributed by atoms with Gasteiger partial charge >= 0.3 is 0 Å². The minimum Gasteiger partial charge on any atom is -0.349 e. The Bertz CT molecular complexity index is 579. The zero-order valence-corrected chi connectivity index (χ0v) is 17.9. The van der Waals surface area contributed by atoms with E-state index in [1.807, 2.05) is 19.9 Å². The van der Waals surface area contributed by atoms with Crippen molar-refractivity contribution in [2.24, 2.45) is 5.41 Å². The van der Waals surface area contributed by atoms with E-state index in [2.05, 4.69) is 65.0 Å². The predicted octanol–water partition coefficient (Wildman–Crippen LogP) is 6.92. The summed E-state index contributed by atoms with van der Waals surface area (Å²) < 4.78 is 11.1. The Balaban J connectivity index is 2.74. The lowest BCUT2D eigenvalue weighted by Crippen LogP contribution is -2.19. The number of allylic oxidation sites excluding steroid dienone is 9. The van der Waals surface area contributed by atoms with Gasteiger partial charge in [0.1, 0.15) is 0 Å². The van der Waals surface area contributed by atoms with Crippen LogP contribution in [0.5, 0.6) is 0 Å². The van der Waals surface area contributed by atoms with Crippen LogP contribution in [0.3, 0.4) is 0 Å². The summed E-state index contributed by atoms with van der Waals surface area (Å²) in [5.74, 6) is 0. The predicted molar refractivity (Wildman–Crippen MR) is 113 cm³/mol. The Hall–Kier alpha value is -1.38. The monoisotopic (exact) mass is 358 g/mol. The van der Waals surface area contributed by atoms with Gasteiger partial charge in [-0.3, -0.25) is 0 Å². The van der Waals surface area contributed by atoms with Crippen molar-refractivity contribution in [3.8, 4) is 0 Å². The van der Waals surface area contributed by atoms with Crippen molar-refractivity contribution in [1.82, 2.24) is 0 Å². The second-order valence-corrected chi connectivity index (χ2v) is 7.72. The molecule has 0 aliphatic heterocycles. The highest BCUT2D eigenvalue weighted by molar-refractivity contribution is 5.37. The molecule has 1 aliphatic carbocycles. The number of hydrogen-bond acceptors (Lipinski definition) is 2. The first-order valence-electron chi connectivity index (χ1n) is 9.95. The SMILES string of the molecule is CCOC(C=C(C)C=CC=C(C)C=CC1=C(C)CCCC1(C)C)OCC. The number of rotatable bonds is 9. The normalized spacial score (nSPS) is 19.4. The first kappa shape index (κ1) is 22.7. The molecule has 2 nitrogen and oxygen atoms in total. The van der Waals surface area contributed by atoms with Crippen LogP contribution in [-0.4, -0.2) is 19.5 Å². The van der Waals surface area contributed by atoms with E-state index in [4.69, 9.17) is 9.47 Å². The third-order valence-electron chi connectivity index (χ3n) is 4.83. The highest BCUT2D eigenvalue weighted by Crippen LogP contribution is 2.40. The van der Waals surface area contributed by atoms with Gasteiger partial charge in [0.05, 0.1) is 0 Å². The Labute approximate surface area is 161 Å². The average molecular weight is 359 g/mol. The van der Waals surface area contributed by atoms with Crippen LogP contribution in [0.25, 0.3) is 0 Å². The summed E-state index contributed by atoms with van der Waals surface area (Å²) >= 11 is 0. The third kappa shape index (κ3) is 7.88. The molecule has 2 heteroatoms. The molecule has 0 saturated carbocycles. The molecule has 1 aliphatic rings. The van der Waals surface area contributed by atoms with E-state index in [0.717, 1.165) is 5.57 Å². The molecule has 0 saturated heterocycles. The molecule has 146 valence electrons. The van der Waals surface area contributed by atoms with Gasteiger partial charge in [-0.25, -0.2) is 0 Å². The third-order valence-corrected chi connectivity index (χ3v) is 4.83. The van der Waals surface area contributed by atoms with Gasteiger partial charge in [-0.1, -0.05) is 60.9 Å². The maximum atomic E-state index is 5.55. The van der Waals surface area contributed by atoms with E-state index in [-0.39, 0.29) is 6.29 Å². The molecule has 0 aromatic rings. The quantitative estimate of drug-likeness (QED) is 0.329.